The van der Waals surface area contributed by atoms with Gasteiger partial charge in [0.25, 0.3) is 0 Å². The van der Waals surface area contributed by atoms with E-state index in [9.17, 15) is 0 Å². The minimum Gasteiger partial charge on any atom is -0.494 e. The van der Waals surface area contributed by atoms with Crippen molar-refractivity contribution in [1.82, 2.24) is 5.32 Å². The highest BCUT2D eigenvalue weighted by Gasteiger charge is 2.32. The number of aryl methyl sites for hydroxylation is 1. The largest absolute Gasteiger partial charge is 0.494 e. The van der Waals surface area contributed by atoms with Crippen molar-refractivity contribution in [3.63, 3.8) is 0 Å². The average molecular weight is 289 g/mol. The number of benzene rings is 1. The predicted molar refractivity (Wildman–Crippen MR) is 90.0 cm³/mol. The van der Waals surface area contributed by atoms with Gasteiger partial charge in [0.05, 0.1) is 6.61 Å². The first-order chi connectivity index (χ1) is 10.3. The number of hydrogen-bond donors (Lipinski definition) is 1. The summed E-state index contributed by atoms with van der Waals surface area (Å²) in [5.74, 6) is 0.990. The molecule has 0 aromatic heterocycles. The summed E-state index contributed by atoms with van der Waals surface area (Å²) in [6, 6.07) is 8.69. The van der Waals surface area contributed by atoms with Crippen molar-refractivity contribution < 1.29 is 4.74 Å². The van der Waals surface area contributed by atoms with Crippen LogP contribution in [0.4, 0.5) is 0 Å². The molecule has 0 heterocycles. The summed E-state index contributed by atoms with van der Waals surface area (Å²) in [6.45, 7) is 7.24. The molecule has 0 unspecified atom stereocenters. The Labute approximate surface area is 130 Å². The Morgan fingerprint density at radius 1 is 1.05 bits per heavy atom. The fourth-order valence-electron chi connectivity index (χ4n) is 3.61. The van der Waals surface area contributed by atoms with Crippen LogP contribution >= 0.6 is 0 Å². The van der Waals surface area contributed by atoms with E-state index in [-0.39, 0.29) is 0 Å². The normalized spacial score (nSPS) is 17.0. The van der Waals surface area contributed by atoms with E-state index in [0.717, 1.165) is 18.9 Å². The van der Waals surface area contributed by atoms with Crippen LogP contribution in [0, 0.1) is 5.41 Å². The van der Waals surface area contributed by atoms with Crippen LogP contribution in [0.1, 0.15) is 57.9 Å². The lowest BCUT2D eigenvalue weighted by atomic mass is 9.77. The zero-order chi connectivity index (χ0) is 15.0. The lowest BCUT2D eigenvalue weighted by molar-refractivity contribution is 0.246. The minimum atomic E-state index is 0.598. The minimum absolute atomic E-state index is 0.598. The van der Waals surface area contributed by atoms with Crippen molar-refractivity contribution in [2.45, 2.75) is 58.8 Å². The Bertz CT molecular complexity index is 393. The van der Waals surface area contributed by atoms with E-state index in [1.54, 1.807) is 0 Å². The molecule has 0 bridgehead atoms. The predicted octanol–water partition coefficient (Wildman–Crippen LogP) is 4.58. The number of nitrogens with one attached hydrogen (secondary N) is 1. The van der Waals surface area contributed by atoms with Gasteiger partial charge < -0.3 is 10.1 Å². The molecule has 1 aromatic rings. The first-order valence-electron chi connectivity index (χ1n) is 8.70. The van der Waals surface area contributed by atoms with Crippen molar-refractivity contribution >= 4 is 0 Å². The van der Waals surface area contributed by atoms with Crippen molar-refractivity contribution in [3.05, 3.63) is 29.8 Å². The van der Waals surface area contributed by atoms with Gasteiger partial charge in [-0.1, -0.05) is 31.9 Å². The highest BCUT2D eigenvalue weighted by Crippen LogP contribution is 2.44. The average Bonchev–Trinajstić information content (AvgIpc) is 2.97. The highest BCUT2D eigenvalue weighted by molar-refractivity contribution is 5.27. The van der Waals surface area contributed by atoms with Gasteiger partial charge in [0, 0.05) is 0 Å². The lowest BCUT2D eigenvalue weighted by Gasteiger charge is -2.29. The van der Waals surface area contributed by atoms with Crippen LogP contribution in [0.5, 0.6) is 5.75 Å². The molecule has 1 fully saturated rings. The molecule has 1 saturated carbocycles. The van der Waals surface area contributed by atoms with E-state index < -0.39 is 0 Å². The van der Waals surface area contributed by atoms with Gasteiger partial charge in [-0.05, 0) is 75.2 Å². The van der Waals surface area contributed by atoms with E-state index in [4.69, 9.17) is 4.74 Å². The molecule has 0 radical (unpaired) electrons. The van der Waals surface area contributed by atoms with Crippen LogP contribution in [0.15, 0.2) is 24.3 Å². The van der Waals surface area contributed by atoms with E-state index in [1.807, 2.05) is 6.92 Å². The standard InChI is InChI=1S/C19H31NO/c1-3-20-16-15-19(12-5-6-13-19)14-11-17-7-9-18(10-8-17)21-4-2/h7-10,20H,3-6,11-16H2,1-2H3. The zero-order valence-electron chi connectivity index (χ0n) is 13.8. The molecular weight excluding hydrogens is 258 g/mol. The second-order valence-electron chi connectivity index (χ2n) is 6.39. The fraction of sp³-hybridized carbons (Fsp3) is 0.684. The maximum absolute atomic E-state index is 5.52. The summed E-state index contributed by atoms with van der Waals surface area (Å²) >= 11 is 0. The summed E-state index contributed by atoms with van der Waals surface area (Å²) in [4.78, 5) is 0. The topological polar surface area (TPSA) is 21.3 Å². The van der Waals surface area contributed by atoms with Gasteiger partial charge >= 0.3 is 0 Å². The van der Waals surface area contributed by atoms with Gasteiger partial charge in [-0.25, -0.2) is 0 Å². The highest BCUT2D eigenvalue weighted by atomic mass is 16.5. The third-order valence-electron chi connectivity index (χ3n) is 4.92. The molecule has 2 heteroatoms. The zero-order valence-corrected chi connectivity index (χ0v) is 13.8. The van der Waals surface area contributed by atoms with Gasteiger partial charge in [0.15, 0.2) is 0 Å². The van der Waals surface area contributed by atoms with Crippen LogP contribution in [0.2, 0.25) is 0 Å². The summed E-state index contributed by atoms with van der Waals surface area (Å²) < 4.78 is 5.52. The molecule has 0 atom stereocenters. The second kappa shape index (κ2) is 8.43. The van der Waals surface area contributed by atoms with Gasteiger partial charge in [-0.15, -0.1) is 0 Å². The Morgan fingerprint density at radius 2 is 1.76 bits per heavy atom. The molecule has 1 N–H and O–H groups in total. The van der Waals surface area contributed by atoms with Crippen molar-refractivity contribution in [3.8, 4) is 5.75 Å². The van der Waals surface area contributed by atoms with E-state index >= 15 is 0 Å². The number of ether oxygens (including phenoxy) is 1. The molecule has 0 saturated heterocycles. The molecule has 21 heavy (non-hydrogen) atoms. The summed E-state index contributed by atoms with van der Waals surface area (Å²) in [6.07, 6.45) is 9.60. The summed E-state index contributed by atoms with van der Waals surface area (Å²) in [7, 11) is 0. The molecule has 2 nitrogen and oxygen atoms in total. The Morgan fingerprint density at radius 3 is 2.38 bits per heavy atom. The van der Waals surface area contributed by atoms with Crippen LogP contribution in [-0.4, -0.2) is 19.7 Å². The molecule has 118 valence electrons. The number of hydrogen-bond acceptors (Lipinski definition) is 2. The Hall–Kier alpha value is -1.02. The summed E-state index contributed by atoms with van der Waals surface area (Å²) in [5, 5.41) is 3.50. The van der Waals surface area contributed by atoms with Crippen molar-refractivity contribution in [1.29, 1.82) is 0 Å². The molecule has 1 aliphatic carbocycles. The first kappa shape index (κ1) is 16.4. The quantitative estimate of drug-likeness (QED) is 0.672. The molecule has 0 spiro atoms. The van der Waals surface area contributed by atoms with Gasteiger partial charge in [-0.2, -0.15) is 0 Å². The van der Waals surface area contributed by atoms with Crippen molar-refractivity contribution in [2.75, 3.05) is 19.7 Å². The van der Waals surface area contributed by atoms with Gasteiger partial charge in [0.1, 0.15) is 5.75 Å². The first-order valence-corrected chi connectivity index (χ1v) is 8.70. The monoisotopic (exact) mass is 289 g/mol. The Kier molecular flexibility index (Phi) is 6.56. The van der Waals surface area contributed by atoms with E-state index in [0.29, 0.717) is 5.41 Å². The smallest absolute Gasteiger partial charge is 0.119 e. The SMILES string of the molecule is CCNCCC1(CCc2ccc(OCC)cc2)CCCC1. The third-order valence-corrected chi connectivity index (χ3v) is 4.92. The fourth-order valence-corrected chi connectivity index (χ4v) is 3.61. The van der Waals surface area contributed by atoms with Crippen LogP contribution in [0.3, 0.4) is 0 Å². The van der Waals surface area contributed by atoms with Crippen LogP contribution < -0.4 is 10.1 Å². The molecule has 0 amide bonds. The van der Waals surface area contributed by atoms with Crippen LogP contribution in [-0.2, 0) is 6.42 Å². The van der Waals surface area contributed by atoms with Gasteiger partial charge in [-0.3, -0.25) is 0 Å². The van der Waals surface area contributed by atoms with Crippen molar-refractivity contribution in [2.24, 2.45) is 5.41 Å². The third kappa shape index (κ3) is 5.03. The lowest BCUT2D eigenvalue weighted by Crippen LogP contribution is -2.25. The molecule has 1 aliphatic rings. The molecule has 1 aromatic carbocycles. The molecular formula is C19H31NO. The van der Waals surface area contributed by atoms with Gasteiger partial charge in [0.2, 0.25) is 0 Å². The molecule has 2 rings (SSSR count). The molecule has 0 aliphatic heterocycles. The van der Waals surface area contributed by atoms with Crippen LogP contribution in [0.25, 0.3) is 0 Å². The summed E-state index contributed by atoms with van der Waals surface area (Å²) in [5.41, 5.74) is 2.05. The second-order valence-corrected chi connectivity index (χ2v) is 6.39. The van der Waals surface area contributed by atoms with E-state index in [2.05, 4.69) is 36.5 Å². The number of rotatable bonds is 9. The maximum Gasteiger partial charge on any atom is 0.119 e. The maximum atomic E-state index is 5.52. The Balaban J connectivity index is 1.86. The van der Waals surface area contributed by atoms with E-state index in [1.165, 1.54) is 57.1 Å².